The van der Waals surface area contributed by atoms with Gasteiger partial charge in [-0.15, -0.1) is 0 Å². The molecule has 12 rings (SSSR count). The van der Waals surface area contributed by atoms with Crippen LogP contribution in [0.25, 0.3) is 66.4 Å². The van der Waals surface area contributed by atoms with Crippen LogP contribution in [0.4, 0.5) is 28.4 Å². The maximum atomic E-state index is 6.95. The minimum atomic E-state index is 0.0396. The third-order valence-corrected chi connectivity index (χ3v) is 14.5. The summed E-state index contributed by atoms with van der Waals surface area (Å²) >= 11 is 0. The van der Waals surface area contributed by atoms with Gasteiger partial charge in [0.15, 0.2) is 7.28 Å². The van der Waals surface area contributed by atoms with Gasteiger partial charge in [-0.05, 0) is 128 Å². The van der Waals surface area contributed by atoms with Crippen LogP contribution in [0.5, 0.6) is 0 Å². The number of hydrogen-bond acceptors (Lipinski definition) is 3. The van der Waals surface area contributed by atoms with Crippen LogP contribution in [0.1, 0.15) is 51.7 Å². The average molecular weight is 851 g/mol. The van der Waals surface area contributed by atoms with E-state index in [0.717, 1.165) is 63.7 Å². The van der Waals surface area contributed by atoms with Crippen LogP contribution in [0.15, 0.2) is 205 Å². The van der Waals surface area contributed by atoms with Crippen LogP contribution in [0, 0.1) is 0 Å². The van der Waals surface area contributed by atoms with Crippen LogP contribution in [0.3, 0.4) is 0 Å². The molecule has 3 nitrogen and oxygen atoms in total. The van der Waals surface area contributed by atoms with E-state index < -0.39 is 0 Å². The van der Waals surface area contributed by atoms with E-state index in [1.54, 1.807) is 0 Å². The van der Waals surface area contributed by atoms with E-state index in [1.807, 2.05) is 0 Å². The van der Waals surface area contributed by atoms with Crippen molar-refractivity contribution in [2.75, 3.05) is 10.2 Å². The molecule has 0 saturated carbocycles. The fourth-order valence-electron chi connectivity index (χ4n) is 10.9. The number of furan rings is 1. The van der Waals surface area contributed by atoms with Gasteiger partial charge in [-0.2, -0.15) is 0 Å². The highest BCUT2D eigenvalue weighted by atomic mass is 16.3. The predicted molar refractivity (Wildman–Crippen MR) is 282 cm³/mol. The SMILES string of the molecule is CC1(C)CCC(C)(C)c2cc(N3c4ccc(-c5ccccc5)cc4Bc4c(-c5ccc(-c6ccccc6)cc5Nc5cccc(-c6ccccc6)c5)cc5oc6ccccc6c5c43)ccc21. The van der Waals surface area contributed by atoms with Crippen LogP contribution in [0.2, 0.25) is 0 Å². The lowest BCUT2D eigenvalue weighted by Gasteiger charge is -2.43. The van der Waals surface area contributed by atoms with Crippen LogP contribution >= 0.6 is 0 Å². The highest BCUT2D eigenvalue weighted by molar-refractivity contribution is 6.74. The molecule has 1 aliphatic carbocycles. The van der Waals surface area contributed by atoms with Crippen molar-refractivity contribution < 1.29 is 4.42 Å². The largest absolute Gasteiger partial charge is 0.456 e. The molecule has 0 spiro atoms. The van der Waals surface area contributed by atoms with Gasteiger partial charge < -0.3 is 14.6 Å². The number of nitrogens with zero attached hydrogens (tertiary/aromatic N) is 1. The summed E-state index contributed by atoms with van der Waals surface area (Å²) in [5.74, 6) is 0. The zero-order valence-electron chi connectivity index (χ0n) is 38.0. The molecule has 0 fully saturated rings. The number of hydrogen-bond donors (Lipinski definition) is 1. The average Bonchev–Trinajstić information content (AvgIpc) is 3.74. The number of fused-ring (bicyclic) bond motifs is 7. The Balaban J connectivity index is 1.14. The zero-order valence-corrected chi connectivity index (χ0v) is 38.0. The molecule has 9 aromatic carbocycles. The first-order valence-electron chi connectivity index (χ1n) is 23.4. The summed E-state index contributed by atoms with van der Waals surface area (Å²) in [7, 11) is 0.749. The van der Waals surface area contributed by atoms with Crippen molar-refractivity contribution in [1.29, 1.82) is 0 Å². The molecule has 0 unspecified atom stereocenters. The fourth-order valence-corrected chi connectivity index (χ4v) is 10.9. The summed E-state index contributed by atoms with van der Waals surface area (Å²) in [6.45, 7) is 9.69. The van der Waals surface area contributed by atoms with E-state index in [1.165, 1.54) is 73.4 Å². The quantitative estimate of drug-likeness (QED) is 0.162. The first kappa shape index (κ1) is 40.0. The van der Waals surface area contributed by atoms with Gasteiger partial charge in [-0.1, -0.05) is 185 Å². The molecule has 2 heterocycles. The lowest BCUT2D eigenvalue weighted by molar-refractivity contribution is 0.332. The van der Waals surface area contributed by atoms with E-state index in [9.17, 15) is 0 Å². The van der Waals surface area contributed by atoms with Gasteiger partial charge in [-0.3, -0.25) is 0 Å². The fraction of sp³-hybridized carbons (Fsp3) is 0.129. The van der Waals surface area contributed by atoms with Crippen LogP contribution in [-0.2, 0) is 10.8 Å². The van der Waals surface area contributed by atoms with Crippen molar-refractivity contribution in [3.05, 3.63) is 211 Å². The second-order valence-electron chi connectivity index (χ2n) is 19.6. The molecule has 0 saturated heterocycles. The smallest absolute Gasteiger partial charge is 0.198 e. The molecule has 318 valence electrons. The molecule has 0 bridgehead atoms. The van der Waals surface area contributed by atoms with E-state index >= 15 is 0 Å². The van der Waals surface area contributed by atoms with Crippen LogP contribution < -0.4 is 21.1 Å². The van der Waals surface area contributed by atoms with Crippen molar-refractivity contribution in [1.82, 2.24) is 0 Å². The summed E-state index contributed by atoms with van der Waals surface area (Å²) in [4.78, 5) is 2.57. The topological polar surface area (TPSA) is 28.4 Å². The van der Waals surface area contributed by atoms with Crippen molar-refractivity contribution in [3.8, 4) is 44.5 Å². The predicted octanol–water partition coefficient (Wildman–Crippen LogP) is 15.5. The van der Waals surface area contributed by atoms with Gasteiger partial charge >= 0.3 is 0 Å². The molecule has 0 atom stereocenters. The normalized spacial score (nSPS) is 14.6. The van der Waals surface area contributed by atoms with Gasteiger partial charge in [0.25, 0.3) is 0 Å². The molecule has 1 aliphatic heterocycles. The standard InChI is InChI=1S/C62H51BN2O/c1-61(2)33-34-62(3,4)52-38-47(29-31-51(52)61)65-55-32-28-44(41-19-10-6-11-20-41)36-53(55)63-59-50(39-57-58(60(59)65)49-25-14-15-26-56(49)66-57)48-30-27-45(42-21-12-7-13-22-42)37-54(48)64-46-24-16-23-43(35-46)40-17-8-5-9-18-40/h5-32,35-39,63-64H,33-34H2,1-4H3. The first-order valence-corrected chi connectivity index (χ1v) is 23.4. The molecular weight excluding hydrogens is 800 g/mol. The molecule has 2 aliphatic rings. The number of rotatable bonds is 7. The monoisotopic (exact) mass is 850 g/mol. The maximum Gasteiger partial charge on any atom is 0.198 e. The van der Waals surface area contributed by atoms with E-state index in [4.69, 9.17) is 4.42 Å². The minimum Gasteiger partial charge on any atom is -0.456 e. The highest BCUT2D eigenvalue weighted by Crippen LogP contribution is 2.51. The van der Waals surface area contributed by atoms with E-state index in [2.05, 4.69) is 238 Å². The Labute approximate surface area is 388 Å². The molecule has 1 N–H and O–H groups in total. The number of para-hydroxylation sites is 1. The molecule has 1 aromatic heterocycles. The van der Waals surface area contributed by atoms with E-state index in [-0.39, 0.29) is 10.8 Å². The Morgan fingerprint density at radius 2 is 1.09 bits per heavy atom. The summed E-state index contributed by atoms with van der Waals surface area (Å²) in [5, 5.41) is 6.24. The maximum absolute atomic E-state index is 6.95. The number of nitrogens with one attached hydrogen (secondary N) is 1. The van der Waals surface area contributed by atoms with Crippen LogP contribution in [-0.4, -0.2) is 7.28 Å². The molecule has 0 amide bonds. The van der Waals surface area contributed by atoms with Gasteiger partial charge in [0.1, 0.15) is 11.2 Å². The summed E-state index contributed by atoms with van der Waals surface area (Å²) in [6, 6.07) is 73.1. The van der Waals surface area contributed by atoms with Gasteiger partial charge in [-0.25, -0.2) is 0 Å². The Morgan fingerprint density at radius 1 is 0.485 bits per heavy atom. The third-order valence-electron chi connectivity index (χ3n) is 14.5. The second kappa shape index (κ2) is 15.6. The highest BCUT2D eigenvalue weighted by Gasteiger charge is 2.39. The molecule has 4 heteroatoms. The summed E-state index contributed by atoms with van der Waals surface area (Å²) in [6.07, 6.45) is 2.32. The summed E-state index contributed by atoms with van der Waals surface area (Å²) in [5.41, 5.74) is 22.4. The summed E-state index contributed by atoms with van der Waals surface area (Å²) < 4.78 is 6.95. The zero-order chi connectivity index (χ0) is 44.6. The first-order chi connectivity index (χ1) is 32.2. The van der Waals surface area contributed by atoms with Gasteiger partial charge in [0.05, 0.1) is 11.1 Å². The number of benzene rings is 9. The Kier molecular flexibility index (Phi) is 9.43. The Bertz CT molecular complexity index is 3480. The lowest BCUT2D eigenvalue weighted by atomic mass is 9.57. The number of anilines is 5. The molecule has 66 heavy (non-hydrogen) atoms. The molecular formula is C62H51BN2O. The van der Waals surface area contributed by atoms with Crippen molar-refractivity contribution in [2.45, 2.75) is 51.4 Å². The molecule has 10 aromatic rings. The van der Waals surface area contributed by atoms with Crippen molar-refractivity contribution in [3.63, 3.8) is 0 Å². The second-order valence-corrected chi connectivity index (χ2v) is 19.6. The van der Waals surface area contributed by atoms with Gasteiger partial charge in [0, 0.05) is 33.7 Å². The Morgan fingerprint density at radius 3 is 1.80 bits per heavy atom. The Hall–Kier alpha value is -7.56. The molecule has 0 radical (unpaired) electrons. The van der Waals surface area contributed by atoms with E-state index in [0.29, 0.717) is 0 Å². The minimum absolute atomic E-state index is 0.0396. The third kappa shape index (κ3) is 6.83. The van der Waals surface area contributed by atoms with Gasteiger partial charge in [0.2, 0.25) is 0 Å². The van der Waals surface area contributed by atoms with Crippen molar-refractivity contribution >= 4 is 68.6 Å². The lowest BCUT2D eigenvalue weighted by Crippen LogP contribution is -2.41. The van der Waals surface area contributed by atoms with Crippen molar-refractivity contribution in [2.24, 2.45) is 0 Å².